The van der Waals surface area contributed by atoms with Crippen molar-refractivity contribution >= 4 is 23.0 Å². The predicted molar refractivity (Wildman–Crippen MR) is 97.3 cm³/mol. The monoisotopic (exact) mass is 368 g/mol. The van der Waals surface area contributed by atoms with Crippen LogP contribution in [0.2, 0.25) is 0 Å². The first-order chi connectivity index (χ1) is 12.6. The third kappa shape index (κ3) is 2.68. The van der Waals surface area contributed by atoms with E-state index in [0.29, 0.717) is 35.0 Å². The summed E-state index contributed by atoms with van der Waals surface area (Å²) in [4.78, 5) is 18.9. The molecule has 0 bridgehead atoms. The van der Waals surface area contributed by atoms with Crippen molar-refractivity contribution in [2.24, 2.45) is 0 Å². The number of methoxy groups -OCH3 is 1. The molecule has 0 aromatic carbocycles. The van der Waals surface area contributed by atoms with E-state index in [0.717, 1.165) is 10.6 Å². The Morgan fingerprint density at radius 3 is 2.85 bits per heavy atom. The van der Waals surface area contributed by atoms with E-state index in [-0.39, 0.29) is 0 Å². The van der Waals surface area contributed by atoms with E-state index in [1.54, 1.807) is 29.8 Å². The molecule has 4 aromatic heterocycles. The number of hydrogen-bond donors (Lipinski definition) is 0. The number of aromatic nitrogens is 4. The number of thiophene rings is 1. The number of nitrogens with zero attached hydrogens (tertiary/aromatic N) is 4. The molecule has 0 aliphatic rings. The van der Waals surface area contributed by atoms with E-state index in [9.17, 15) is 4.79 Å². The van der Waals surface area contributed by atoms with Crippen LogP contribution in [-0.4, -0.2) is 32.7 Å². The zero-order valence-corrected chi connectivity index (χ0v) is 15.3. The third-order valence-electron chi connectivity index (χ3n) is 4.02. The molecular weight excluding hydrogens is 352 g/mol. The van der Waals surface area contributed by atoms with Gasteiger partial charge in [0.25, 0.3) is 5.89 Å². The molecule has 4 rings (SSSR count). The molecule has 0 unspecified atom stereocenters. The Hall–Kier alpha value is -3.00. The Labute approximate surface area is 153 Å². The summed E-state index contributed by atoms with van der Waals surface area (Å²) in [7, 11) is 1.35. The van der Waals surface area contributed by atoms with Crippen LogP contribution in [0.3, 0.4) is 0 Å². The molecule has 0 saturated carbocycles. The molecule has 0 aliphatic heterocycles. The van der Waals surface area contributed by atoms with Crippen LogP contribution >= 0.6 is 11.3 Å². The number of ether oxygens (including phenoxy) is 1. The molecule has 4 heterocycles. The highest BCUT2D eigenvalue weighted by Crippen LogP contribution is 2.32. The molecule has 0 spiro atoms. The van der Waals surface area contributed by atoms with Crippen LogP contribution in [-0.2, 0) is 11.2 Å². The van der Waals surface area contributed by atoms with Gasteiger partial charge in [0.05, 0.1) is 35.0 Å². The van der Waals surface area contributed by atoms with Crippen LogP contribution in [0.1, 0.15) is 28.0 Å². The van der Waals surface area contributed by atoms with Crippen molar-refractivity contribution in [1.29, 1.82) is 0 Å². The fraction of sp³-hybridized carbons (Fsp3) is 0.222. The van der Waals surface area contributed by atoms with Gasteiger partial charge < -0.3 is 9.15 Å². The van der Waals surface area contributed by atoms with Crippen LogP contribution in [0.5, 0.6) is 0 Å². The van der Waals surface area contributed by atoms with Crippen molar-refractivity contribution in [3.8, 4) is 22.0 Å². The van der Waals surface area contributed by atoms with Crippen molar-refractivity contribution in [2.45, 2.75) is 20.3 Å². The van der Waals surface area contributed by atoms with E-state index in [4.69, 9.17) is 9.15 Å². The summed E-state index contributed by atoms with van der Waals surface area (Å²) in [5.41, 5.74) is 2.52. The van der Waals surface area contributed by atoms with Gasteiger partial charge >= 0.3 is 5.97 Å². The second kappa shape index (κ2) is 6.38. The standard InChI is InChI=1S/C18H16N4O3S/c1-4-15-20-21-17(25-15)12-7-11(18(23)24-3)9-22-13(8-19-16(12)22)14-6-5-10(2)26-14/h5-9H,4H2,1-3H3. The van der Waals surface area contributed by atoms with Gasteiger partial charge in [0.2, 0.25) is 5.89 Å². The van der Waals surface area contributed by atoms with E-state index >= 15 is 0 Å². The average molecular weight is 368 g/mol. The summed E-state index contributed by atoms with van der Waals surface area (Å²) in [6.07, 6.45) is 4.13. The molecule has 7 nitrogen and oxygen atoms in total. The lowest BCUT2D eigenvalue weighted by Crippen LogP contribution is -2.04. The minimum atomic E-state index is -0.439. The van der Waals surface area contributed by atoms with Crippen LogP contribution in [0.25, 0.3) is 27.7 Å². The number of rotatable bonds is 4. The first-order valence-electron chi connectivity index (χ1n) is 8.09. The van der Waals surface area contributed by atoms with E-state index in [1.165, 1.54) is 12.0 Å². The third-order valence-corrected chi connectivity index (χ3v) is 5.04. The summed E-state index contributed by atoms with van der Waals surface area (Å²) < 4.78 is 12.4. The van der Waals surface area contributed by atoms with Gasteiger partial charge in [-0.15, -0.1) is 21.5 Å². The molecular formula is C18H16N4O3S. The summed E-state index contributed by atoms with van der Waals surface area (Å²) in [5, 5.41) is 8.11. The quantitative estimate of drug-likeness (QED) is 0.510. The van der Waals surface area contributed by atoms with Gasteiger partial charge in [0.15, 0.2) is 0 Å². The zero-order valence-electron chi connectivity index (χ0n) is 14.5. The molecule has 132 valence electrons. The number of aryl methyl sites for hydroxylation is 2. The molecule has 0 amide bonds. The average Bonchev–Trinajstić information content (AvgIpc) is 3.38. The van der Waals surface area contributed by atoms with Crippen molar-refractivity contribution in [1.82, 2.24) is 19.6 Å². The first kappa shape index (κ1) is 16.5. The van der Waals surface area contributed by atoms with Crippen molar-refractivity contribution in [2.75, 3.05) is 7.11 Å². The van der Waals surface area contributed by atoms with Crippen molar-refractivity contribution in [3.05, 3.63) is 46.9 Å². The number of carbonyl (C=O) groups excluding carboxylic acids is 1. The highest BCUT2D eigenvalue weighted by atomic mass is 32.1. The van der Waals surface area contributed by atoms with Crippen molar-refractivity contribution in [3.63, 3.8) is 0 Å². The smallest absolute Gasteiger partial charge is 0.339 e. The molecule has 0 fully saturated rings. The highest BCUT2D eigenvalue weighted by molar-refractivity contribution is 7.15. The normalized spacial score (nSPS) is 11.2. The number of imidazole rings is 1. The Kier molecular flexibility index (Phi) is 4.04. The molecule has 0 radical (unpaired) electrons. The highest BCUT2D eigenvalue weighted by Gasteiger charge is 2.20. The molecule has 4 aromatic rings. The summed E-state index contributed by atoms with van der Waals surface area (Å²) in [6, 6.07) is 5.76. The Morgan fingerprint density at radius 1 is 1.35 bits per heavy atom. The Bertz CT molecular complexity index is 1110. The van der Waals surface area contributed by atoms with Gasteiger partial charge in [-0.05, 0) is 25.1 Å². The first-order valence-corrected chi connectivity index (χ1v) is 8.91. The molecule has 0 N–H and O–H groups in total. The fourth-order valence-corrected chi connectivity index (χ4v) is 3.61. The van der Waals surface area contributed by atoms with E-state index in [2.05, 4.69) is 21.2 Å². The largest absolute Gasteiger partial charge is 0.465 e. The lowest BCUT2D eigenvalue weighted by Gasteiger charge is -2.06. The number of esters is 1. The lowest BCUT2D eigenvalue weighted by atomic mass is 10.2. The van der Waals surface area contributed by atoms with Crippen LogP contribution in [0.4, 0.5) is 0 Å². The van der Waals surface area contributed by atoms with Crippen LogP contribution < -0.4 is 0 Å². The molecule has 0 atom stereocenters. The fourth-order valence-electron chi connectivity index (χ4n) is 2.73. The maximum atomic E-state index is 12.2. The summed E-state index contributed by atoms with van der Waals surface area (Å²) in [5.74, 6) is 0.421. The van der Waals surface area contributed by atoms with E-state index in [1.807, 2.05) is 24.3 Å². The van der Waals surface area contributed by atoms with Gasteiger partial charge in [-0.25, -0.2) is 9.78 Å². The zero-order chi connectivity index (χ0) is 18.3. The molecule has 0 aliphatic carbocycles. The molecule has 8 heteroatoms. The second-order valence-corrected chi connectivity index (χ2v) is 7.02. The number of carbonyl (C=O) groups is 1. The van der Waals surface area contributed by atoms with Crippen LogP contribution in [0.15, 0.2) is 35.0 Å². The Balaban J connectivity index is 1.98. The van der Waals surface area contributed by atoms with Gasteiger partial charge in [0.1, 0.15) is 5.65 Å². The second-order valence-electron chi connectivity index (χ2n) is 5.74. The maximum absolute atomic E-state index is 12.2. The van der Waals surface area contributed by atoms with Gasteiger partial charge in [0, 0.05) is 17.5 Å². The SMILES string of the molecule is CCc1nnc(-c2cc(C(=O)OC)cn3c(-c4ccc(C)s4)cnc23)o1. The van der Waals surface area contributed by atoms with Gasteiger partial charge in [-0.2, -0.15) is 0 Å². The van der Waals surface area contributed by atoms with Gasteiger partial charge in [-0.1, -0.05) is 6.92 Å². The number of fused-ring (bicyclic) bond motifs is 1. The molecule has 26 heavy (non-hydrogen) atoms. The number of pyridine rings is 1. The Morgan fingerprint density at radius 2 is 2.19 bits per heavy atom. The lowest BCUT2D eigenvalue weighted by molar-refractivity contribution is 0.0600. The van der Waals surface area contributed by atoms with Crippen molar-refractivity contribution < 1.29 is 13.9 Å². The van der Waals surface area contributed by atoms with Crippen LogP contribution in [0, 0.1) is 6.92 Å². The maximum Gasteiger partial charge on any atom is 0.339 e. The topological polar surface area (TPSA) is 82.5 Å². The summed E-state index contributed by atoms with van der Waals surface area (Å²) >= 11 is 1.66. The van der Waals surface area contributed by atoms with Gasteiger partial charge in [-0.3, -0.25) is 4.40 Å². The summed E-state index contributed by atoms with van der Waals surface area (Å²) in [6.45, 7) is 3.98. The predicted octanol–water partition coefficient (Wildman–Crippen LogP) is 3.77. The molecule has 0 saturated heterocycles. The minimum Gasteiger partial charge on any atom is -0.465 e. The van der Waals surface area contributed by atoms with E-state index < -0.39 is 5.97 Å². The minimum absolute atomic E-state index is 0.331. The number of hydrogen-bond acceptors (Lipinski definition) is 7.